The molecule has 1 fully saturated rings. The van der Waals surface area contributed by atoms with E-state index in [1.807, 2.05) is 36.1 Å². The molecule has 1 aliphatic rings. The van der Waals surface area contributed by atoms with Gasteiger partial charge in [0.1, 0.15) is 5.75 Å². The number of rotatable bonds is 5. The zero-order valence-electron chi connectivity index (χ0n) is 15.3. The largest absolute Gasteiger partial charge is 0.497 e. The van der Waals surface area contributed by atoms with Gasteiger partial charge in [-0.25, -0.2) is 0 Å². The Labute approximate surface area is 149 Å². The number of carbonyl (C=O) groups is 1. The number of piperidine rings is 1. The molecule has 25 heavy (non-hydrogen) atoms. The summed E-state index contributed by atoms with van der Waals surface area (Å²) in [5.74, 6) is 1.55. The molecule has 1 amide bonds. The minimum absolute atomic E-state index is 0.101. The van der Waals surface area contributed by atoms with Crippen LogP contribution in [0, 0.1) is 12.8 Å². The highest BCUT2D eigenvalue weighted by atomic mass is 16.5. The number of hydrogen-bond donors (Lipinski definition) is 1. The lowest BCUT2D eigenvalue weighted by atomic mass is 9.96. The fraction of sp³-hybridized carbons (Fsp3) is 0.500. The van der Waals surface area contributed by atoms with Crippen molar-refractivity contribution in [2.75, 3.05) is 33.3 Å². The van der Waals surface area contributed by atoms with Gasteiger partial charge in [0.15, 0.2) is 0 Å². The second-order valence-corrected chi connectivity index (χ2v) is 6.72. The van der Waals surface area contributed by atoms with E-state index in [1.165, 1.54) is 0 Å². The number of ether oxygens (including phenoxy) is 1. The number of methoxy groups -OCH3 is 1. The predicted molar refractivity (Wildman–Crippen MR) is 100 cm³/mol. The van der Waals surface area contributed by atoms with Gasteiger partial charge in [-0.3, -0.25) is 9.78 Å². The lowest BCUT2D eigenvalue weighted by Gasteiger charge is -2.32. The average Bonchev–Trinajstić information content (AvgIpc) is 2.65. The van der Waals surface area contributed by atoms with Crippen molar-refractivity contribution in [1.29, 1.82) is 0 Å². The summed E-state index contributed by atoms with van der Waals surface area (Å²) in [5, 5.41) is 4.38. The van der Waals surface area contributed by atoms with Gasteiger partial charge in [0.2, 0.25) is 0 Å². The highest BCUT2D eigenvalue weighted by Crippen LogP contribution is 2.24. The van der Waals surface area contributed by atoms with Crippen LogP contribution in [0.4, 0.5) is 0 Å². The second-order valence-electron chi connectivity index (χ2n) is 6.72. The SMILES string of the molecule is CCNCC1CCN(C(=O)c2cc3ccc(OC)cc3nc2C)CC1. The Bertz CT molecular complexity index is 752. The van der Waals surface area contributed by atoms with Crippen molar-refractivity contribution in [2.24, 2.45) is 5.92 Å². The predicted octanol–water partition coefficient (Wildman–Crippen LogP) is 3.01. The van der Waals surface area contributed by atoms with Crippen molar-refractivity contribution in [3.8, 4) is 5.75 Å². The number of hydrogen-bond acceptors (Lipinski definition) is 4. The minimum Gasteiger partial charge on any atom is -0.497 e. The van der Waals surface area contributed by atoms with Crippen molar-refractivity contribution in [3.63, 3.8) is 0 Å². The molecule has 0 radical (unpaired) electrons. The van der Waals surface area contributed by atoms with Gasteiger partial charge in [-0.15, -0.1) is 0 Å². The molecule has 5 nitrogen and oxygen atoms in total. The summed E-state index contributed by atoms with van der Waals surface area (Å²) < 4.78 is 5.25. The zero-order valence-corrected chi connectivity index (χ0v) is 15.3. The van der Waals surface area contributed by atoms with Gasteiger partial charge in [0.05, 0.1) is 23.9 Å². The molecule has 1 N–H and O–H groups in total. The molecule has 2 heterocycles. The van der Waals surface area contributed by atoms with Crippen molar-refractivity contribution in [3.05, 3.63) is 35.5 Å². The molecule has 0 spiro atoms. The van der Waals surface area contributed by atoms with E-state index in [0.29, 0.717) is 11.5 Å². The molecule has 1 aliphatic heterocycles. The average molecular weight is 341 g/mol. The van der Waals surface area contributed by atoms with Crippen molar-refractivity contribution >= 4 is 16.8 Å². The van der Waals surface area contributed by atoms with E-state index < -0.39 is 0 Å². The van der Waals surface area contributed by atoms with Crippen molar-refractivity contribution in [1.82, 2.24) is 15.2 Å². The third kappa shape index (κ3) is 3.93. The third-order valence-electron chi connectivity index (χ3n) is 5.03. The number of fused-ring (bicyclic) bond motifs is 1. The quantitative estimate of drug-likeness (QED) is 0.908. The van der Waals surface area contributed by atoms with Crippen molar-refractivity contribution in [2.45, 2.75) is 26.7 Å². The molecule has 5 heteroatoms. The van der Waals surface area contributed by atoms with Crippen molar-refractivity contribution < 1.29 is 9.53 Å². The summed E-state index contributed by atoms with van der Waals surface area (Å²) in [5.41, 5.74) is 2.35. The number of amides is 1. The van der Waals surface area contributed by atoms with E-state index in [1.54, 1.807) is 7.11 Å². The van der Waals surface area contributed by atoms with Gasteiger partial charge >= 0.3 is 0 Å². The Morgan fingerprint density at radius 2 is 2.08 bits per heavy atom. The van der Waals surface area contributed by atoms with Gasteiger partial charge in [-0.2, -0.15) is 0 Å². The first-order valence-corrected chi connectivity index (χ1v) is 9.07. The summed E-state index contributed by atoms with van der Waals surface area (Å²) in [6.07, 6.45) is 2.13. The molecular weight excluding hydrogens is 314 g/mol. The Hall–Kier alpha value is -2.14. The van der Waals surface area contributed by atoms with E-state index in [0.717, 1.165) is 61.4 Å². The molecule has 0 saturated carbocycles. The number of likely N-dealkylation sites (tertiary alicyclic amines) is 1. The lowest BCUT2D eigenvalue weighted by molar-refractivity contribution is 0.0689. The standard InChI is InChI=1S/C20H27N3O2/c1-4-21-13-15-7-9-23(10-8-15)20(24)18-11-16-5-6-17(25-3)12-19(16)22-14(18)2/h5-6,11-12,15,21H,4,7-10,13H2,1-3H3. The Kier molecular flexibility index (Phi) is 5.53. The smallest absolute Gasteiger partial charge is 0.255 e. The number of aromatic nitrogens is 1. The molecule has 0 bridgehead atoms. The summed E-state index contributed by atoms with van der Waals surface area (Å²) >= 11 is 0. The van der Waals surface area contributed by atoms with E-state index >= 15 is 0 Å². The van der Waals surface area contributed by atoms with Gasteiger partial charge in [-0.1, -0.05) is 6.92 Å². The summed E-state index contributed by atoms with van der Waals surface area (Å²) in [6.45, 7) is 7.75. The van der Waals surface area contributed by atoms with Crippen LogP contribution in [-0.2, 0) is 0 Å². The number of nitrogens with zero attached hydrogens (tertiary/aromatic N) is 2. The fourth-order valence-corrected chi connectivity index (χ4v) is 3.45. The molecule has 0 aliphatic carbocycles. The molecule has 134 valence electrons. The molecule has 2 aromatic rings. The van der Waals surface area contributed by atoms with Crippen LogP contribution >= 0.6 is 0 Å². The van der Waals surface area contributed by atoms with Gasteiger partial charge < -0.3 is 15.0 Å². The van der Waals surface area contributed by atoms with Crippen LogP contribution < -0.4 is 10.1 Å². The van der Waals surface area contributed by atoms with Crippen LogP contribution in [0.3, 0.4) is 0 Å². The first-order valence-electron chi connectivity index (χ1n) is 9.07. The molecule has 1 aromatic heterocycles. The summed E-state index contributed by atoms with van der Waals surface area (Å²) in [7, 11) is 1.64. The van der Waals surface area contributed by atoms with Gasteiger partial charge in [0, 0.05) is 24.5 Å². The summed E-state index contributed by atoms with van der Waals surface area (Å²) in [6, 6.07) is 7.73. The maximum absolute atomic E-state index is 13.0. The first-order chi connectivity index (χ1) is 12.1. The van der Waals surface area contributed by atoms with Gasteiger partial charge in [0.25, 0.3) is 5.91 Å². The fourth-order valence-electron chi connectivity index (χ4n) is 3.45. The number of carbonyl (C=O) groups excluding carboxylic acids is 1. The topological polar surface area (TPSA) is 54.5 Å². The Morgan fingerprint density at radius 3 is 2.76 bits per heavy atom. The number of nitrogens with one attached hydrogen (secondary N) is 1. The maximum atomic E-state index is 13.0. The van der Waals surface area contributed by atoms with E-state index in [2.05, 4.69) is 17.2 Å². The number of pyridine rings is 1. The highest BCUT2D eigenvalue weighted by molar-refractivity contribution is 5.98. The number of aryl methyl sites for hydroxylation is 1. The third-order valence-corrected chi connectivity index (χ3v) is 5.03. The van der Waals surface area contributed by atoms with Gasteiger partial charge in [-0.05, 0) is 57.0 Å². The second kappa shape index (κ2) is 7.83. The van der Waals surface area contributed by atoms with E-state index in [9.17, 15) is 4.79 Å². The Balaban J connectivity index is 1.75. The lowest BCUT2D eigenvalue weighted by Crippen LogP contribution is -2.41. The van der Waals surface area contributed by atoms with Crippen LogP contribution in [0.2, 0.25) is 0 Å². The van der Waals surface area contributed by atoms with Crippen LogP contribution in [0.5, 0.6) is 5.75 Å². The molecule has 0 atom stereocenters. The van der Waals surface area contributed by atoms with Crippen LogP contribution in [-0.4, -0.2) is 49.1 Å². The summed E-state index contributed by atoms with van der Waals surface area (Å²) in [4.78, 5) is 19.5. The van der Waals surface area contributed by atoms with E-state index in [4.69, 9.17) is 4.74 Å². The molecule has 0 unspecified atom stereocenters. The van der Waals surface area contributed by atoms with Crippen LogP contribution in [0.1, 0.15) is 35.8 Å². The van der Waals surface area contributed by atoms with Crippen LogP contribution in [0.15, 0.2) is 24.3 Å². The van der Waals surface area contributed by atoms with E-state index in [-0.39, 0.29) is 5.91 Å². The monoisotopic (exact) mass is 341 g/mol. The normalized spacial score (nSPS) is 15.6. The molecular formula is C20H27N3O2. The molecule has 3 rings (SSSR count). The molecule has 1 saturated heterocycles. The first kappa shape index (κ1) is 17.7. The zero-order chi connectivity index (χ0) is 17.8. The maximum Gasteiger partial charge on any atom is 0.255 e. The molecule has 1 aromatic carbocycles. The number of benzene rings is 1. The highest BCUT2D eigenvalue weighted by Gasteiger charge is 2.24. The minimum atomic E-state index is 0.101. The Morgan fingerprint density at radius 1 is 1.32 bits per heavy atom. The van der Waals surface area contributed by atoms with Crippen LogP contribution in [0.25, 0.3) is 10.9 Å².